The first-order valence-electron chi connectivity index (χ1n) is 9.07. The third kappa shape index (κ3) is 5.64. The Bertz CT molecular complexity index is 847. The van der Waals surface area contributed by atoms with Gasteiger partial charge in [-0.05, 0) is 31.9 Å². The summed E-state index contributed by atoms with van der Waals surface area (Å²) in [5.74, 6) is 1.33. The van der Waals surface area contributed by atoms with Crippen molar-refractivity contribution >= 4 is 5.91 Å². The molecule has 0 spiro atoms. The van der Waals surface area contributed by atoms with Crippen molar-refractivity contribution in [2.75, 3.05) is 13.2 Å². The maximum atomic E-state index is 12.2. The number of amides is 1. The Morgan fingerprint density at radius 3 is 2.37 bits per heavy atom. The Kier molecular flexibility index (Phi) is 6.52. The van der Waals surface area contributed by atoms with Crippen molar-refractivity contribution in [1.29, 1.82) is 0 Å². The number of unbranched alkanes of at least 4 members (excludes halogenated alkanes) is 1. The first-order chi connectivity index (χ1) is 13.2. The van der Waals surface area contributed by atoms with E-state index < -0.39 is 0 Å². The van der Waals surface area contributed by atoms with Gasteiger partial charge in [0.1, 0.15) is 5.75 Å². The Morgan fingerprint density at radius 2 is 1.67 bits per heavy atom. The lowest BCUT2D eigenvalue weighted by atomic mass is 10.2. The zero-order valence-electron chi connectivity index (χ0n) is 15.4. The number of aromatic nitrogens is 2. The monoisotopic (exact) mass is 361 g/mol. The van der Waals surface area contributed by atoms with Crippen LogP contribution < -0.4 is 10.1 Å². The van der Waals surface area contributed by atoms with Crippen molar-refractivity contribution in [3.63, 3.8) is 0 Å². The first-order valence-corrected chi connectivity index (χ1v) is 9.07. The van der Waals surface area contributed by atoms with Crippen LogP contribution in [0.2, 0.25) is 0 Å². The third-order valence-electron chi connectivity index (χ3n) is 4.09. The minimum Gasteiger partial charge on any atom is -0.494 e. The smallest absolute Gasteiger partial charge is 0.254 e. The van der Waals surface area contributed by atoms with Crippen LogP contribution in [-0.2, 0) is 0 Å². The standard InChI is InChI=1S/C22H23N3O2/c1-17-9-11-20(12-10-17)27-14-6-5-13-23-22(26)19-15-24-21(25-16-19)18-7-3-2-4-8-18/h2-4,7-12,15-16H,5-6,13-14H2,1H3,(H,23,26). The van der Waals surface area contributed by atoms with Gasteiger partial charge in [-0.2, -0.15) is 0 Å². The normalized spacial score (nSPS) is 10.4. The number of carbonyl (C=O) groups excluding carboxylic acids is 1. The summed E-state index contributed by atoms with van der Waals surface area (Å²) in [4.78, 5) is 20.7. The molecular weight excluding hydrogens is 338 g/mol. The summed E-state index contributed by atoms with van der Waals surface area (Å²) in [7, 11) is 0. The van der Waals surface area contributed by atoms with E-state index in [0.29, 0.717) is 24.5 Å². The lowest BCUT2D eigenvalue weighted by molar-refractivity contribution is 0.0951. The molecule has 0 fully saturated rings. The Morgan fingerprint density at radius 1 is 0.963 bits per heavy atom. The van der Waals surface area contributed by atoms with E-state index in [2.05, 4.69) is 15.3 Å². The second-order valence-corrected chi connectivity index (χ2v) is 6.29. The van der Waals surface area contributed by atoms with Crippen molar-refractivity contribution in [3.05, 3.63) is 78.1 Å². The molecule has 0 atom stereocenters. The predicted molar refractivity (Wildman–Crippen MR) is 106 cm³/mol. The molecule has 0 aliphatic heterocycles. The first kappa shape index (κ1) is 18.6. The van der Waals surface area contributed by atoms with E-state index >= 15 is 0 Å². The number of nitrogens with zero attached hydrogens (tertiary/aromatic N) is 2. The molecule has 0 unspecified atom stereocenters. The topological polar surface area (TPSA) is 64.1 Å². The lowest BCUT2D eigenvalue weighted by Gasteiger charge is -2.07. The molecule has 0 aliphatic carbocycles. The van der Waals surface area contributed by atoms with Crippen molar-refractivity contribution in [2.45, 2.75) is 19.8 Å². The van der Waals surface area contributed by atoms with E-state index in [9.17, 15) is 4.79 Å². The minimum atomic E-state index is -0.158. The quantitative estimate of drug-likeness (QED) is 0.615. The van der Waals surface area contributed by atoms with Crippen LogP contribution in [0.15, 0.2) is 67.0 Å². The van der Waals surface area contributed by atoms with Crippen LogP contribution in [0.1, 0.15) is 28.8 Å². The van der Waals surface area contributed by atoms with Crippen molar-refractivity contribution in [2.24, 2.45) is 0 Å². The molecule has 1 heterocycles. The molecule has 5 heteroatoms. The number of hydrogen-bond donors (Lipinski definition) is 1. The molecule has 1 amide bonds. The number of rotatable bonds is 8. The van der Waals surface area contributed by atoms with Gasteiger partial charge < -0.3 is 10.1 Å². The van der Waals surface area contributed by atoms with Gasteiger partial charge in [0.2, 0.25) is 0 Å². The van der Waals surface area contributed by atoms with Crippen LogP contribution >= 0.6 is 0 Å². The van der Waals surface area contributed by atoms with Gasteiger partial charge in [0.05, 0.1) is 12.2 Å². The van der Waals surface area contributed by atoms with E-state index in [-0.39, 0.29) is 5.91 Å². The number of nitrogens with one attached hydrogen (secondary N) is 1. The molecule has 0 radical (unpaired) electrons. The van der Waals surface area contributed by atoms with Crippen LogP contribution in [0.5, 0.6) is 5.75 Å². The molecule has 0 saturated heterocycles. The fraction of sp³-hybridized carbons (Fsp3) is 0.227. The third-order valence-corrected chi connectivity index (χ3v) is 4.09. The van der Waals surface area contributed by atoms with Crippen molar-refractivity contribution in [1.82, 2.24) is 15.3 Å². The highest BCUT2D eigenvalue weighted by atomic mass is 16.5. The predicted octanol–water partition coefficient (Wildman–Crippen LogP) is 4.04. The number of aryl methyl sites for hydroxylation is 1. The molecule has 1 aromatic heterocycles. The SMILES string of the molecule is Cc1ccc(OCCCCNC(=O)c2cnc(-c3ccccc3)nc2)cc1. The second kappa shape index (κ2) is 9.48. The molecule has 3 aromatic rings. The molecule has 0 saturated carbocycles. The molecule has 0 aliphatic rings. The summed E-state index contributed by atoms with van der Waals surface area (Å²) in [6, 6.07) is 17.7. The van der Waals surface area contributed by atoms with Gasteiger partial charge in [-0.25, -0.2) is 9.97 Å². The molecule has 0 bridgehead atoms. The summed E-state index contributed by atoms with van der Waals surface area (Å²) >= 11 is 0. The highest BCUT2D eigenvalue weighted by Gasteiger charge is 2.07. The maximum absolute atomic E-state index is 12.2. The van der Waals surface area contributed by atoms with Crippen LogP contribution in [0.25, 0.3) is 11.4 Å². The summed E-state index contributed by atoms with van der Waals surface area (Å²) < 4.78 is 5.68. The van der Waals surface area contributed by atoms with Crippen molar-refractivity contribution < 1.29 is 9.53 Å². The summed E-state index contributed by atoms with van der Waals surface area (Å²) in [5.41, 5.74) is 2.61. The zero-order valence-corrected chi connectivity index (χ0v) is 15.4. The fourth-order valence-corrected chi connectivity index (χ4v) is 2.54. The maximum Gasteiger partial charge on any atom is 0.254 e. The van der Waals surface area contributed by atoms with E-state index in [0.717, 1.165) is 24.2 Å². The number of carbonyl (C=O) groups is 1. The number of hydrogen-bond acceptors (Lipinski definition) is 4. The summed E-state index contributed by atoms with van der Waals surface area (Å²) in [6.07, 6.45) is 4.84. The van der Waals surface area contributed by atoms with E-state index in [1.165, 1.54) is 5.56 Å². The van der Waals surface area contributed by atoms with Crippen LogP contribution in [0.4, 0.5) is 0 Å². The highest BCUT2D eigenvalue weighted by Crippen LogP contribution is 2.13. The van der Waals surface area contributed by atoms with E-state index in [1.807, 2.05) is 61.5 Å². The molecule has 3 rings (SSSR count). The van der Waals surface area contributed by atoms with E-state index in [1.54, 1.807) is 12.4 Å². The molecule has 2 aromatic carbocycles. The summed E-state index contributed by atoms with van der Waals surface area (Å²) in [6.45, 7) is 3.27. The Hall–Kier alpha value is -3.21. The average molecular weight is 361 g/mol. The van der Waals surface area contributed by atoms with Gasteiger partial charge >= 0.3 is 0 Å². The van der Waals surface area contributed by atoms with Gasteiger partial charge in [0, 0.05) is 24.5 Å². The number of ether oxygens (including phenoxy) is 1. The average Bonchev–Trinajstić information content (AvgIpc) is 2.72. The van der Waals surface area contributed by atoms with Crippen LogP contribution in [-0.4, -0.2) is 29.0 Å². The molecule has 138 valence electrons. The lowest BCUT2D eigenvalue weighted by Crippen LogP contribution is -2.25. The van der Waals surface area contributed by atoms with Gasteiger partial charge in [-0.1, -0.05) is 48.0 Å². The largest absolute Gasteiger partial charge is 0.494 e. The van der Waals surface area contributed by atoms with Crippen LogP contribution in [0.3, 0.4) is 0 Å². The van der Waals surface area contributed by atoms with Crippen LogP contribution in [0, 0.1) is 6.92 Å². The fourth-order valence-electron chi connectivity index (χ4n) is 2.54. The molecule has 5 nitrogen and oxygen atoms in total. The minimum absolute atomic E-state index is 0.158. The highest BCUT2D eigenvalue weighted by molar-refractivity contribution is 5.93. The molecule has 27 heavy (non-hydrogen) atoms. The number of benzene rings is 2. The van der Waals surface area contributed by atoms with Crippen molar-refractivity contribution in [3.8, 4) is 17.1 Å². The van der Waals surface area contributed by atoms with Gasteiger partial charge in [-0.15, -0.1) is 0 Å². The Balaban J connectivity index is 1.37. The summed E-state index contributed by atoms with van der Waals surface area (Å²) in [5, 5.41) is 2.89. The van der Waals surface area contributed by atoms with Gasteiger partial charge in [0.15, 0.2) is 5.82 Å². The molecular formula is C22H23N3O2. The van der Waals surface area contributed by atoms with Gasteiger partial charge in [0.25, 0.3) is 5.91 Å². The second-order valence-electron chi connectivity index (χ2n) is 6.29. The Labute approximate surface area is 159 Å². The zero-order chi connectivity index (χ0) is 18.9. The van der Waals surface area contributed by atoms with Gasteiger partial charge in [-0.3, -0.25) is 4.79 Å². The van der Waals surface area contributed by atoms with E-state index in [4.69, 9.17) is 4.74 Å². The molecule has 1 N–H and O–H groups in total.